The molecule has 1 aliphatic rings. The van der Waals surface area contributed by atoms with Crippen LogP contribution in [0.25, 0.3) is 0 Å². The number of carboxylic acid groups (broad SMARTS) is 1. The number of rotatable bonds is 4. The van der Waals surface area contributed by atoms with E-state index in [1.54, 1.807) is 11.9 Å². The first-order valence-electron chi connectivity index (χ1n) is 6.63. The lowest BCUT2D eigenvalue weighted by atomic mass is 9.78. The van der Waals surface area contributed by atoms with Crippen LogP contribution in [0, 0.1) is 0 Å². The largest absolute Gasteiger partial charge is 0.481 e. The number of carbonyl (C=O) groups is 2. The van der Waals surface area contributed by atoms with Crippen LogP contribution in [0.4, 0.5) is 4.79 Å². The number of hydrogen-bond donors (Lipinski definition) is 2. The Bertz CT molecular complexity index is 309. The van der Waals surface area contributed by atoms with Crippen molar-refractivity contribution in [1.29, 1.82) is 0 Å². The summed E-state index contributed by atoms with van der Waals surface area (Å²) >= 11 is 0. The van der Waals surface area contributed by atoms with Crippen LogP contribution < -0.4 is 5.32 Å². The SMILES string of the molecule is CC(C)NC(=O)N(C)C1(CC(=O)O)CCCCC1. The van der Waals surface area contributed by atoms with E-state index >= 15 is 0 Å². The van der Waals surface area contributed by atoms with Crippen molar-refractivity contribution in [2.45, 2.75) is 64.0 Å². The van der Waals surface area contributed by atoms with E-state index in [0.29, 0.717) is 0 Å². The van der Waals surface area contributed by atoms with E-state index in [4.69, 9.17) is 5.11 Å². The average Bonchev–Trinajstić information content (AvgIpc) is 2.27. The quantitative estimate of drug-likeness (QED) is 0.810. The van der Waals surface area contributed by atoms with Crippen LogP contribution in [-0.2, 0) is 4.79 Å². The highest BCUT2D eigenvalue weighted by Crippen LogP contribution is 2.35. The van der Waals surface area contributed by atoms with E-state index < -0.39 is 11.5 Å². The summed E-state index contributed by atoms with van der Waals surface area (Å²) in [6.45, 7) is 3.80. The van der Waals surface area contributed by atoms with Gasteiger partial charge in [-0.05, 0) is 26.7 Å². The third-order valence-electron chi connectivity index (χ3n) is 3.69. The monoisotopic (exact) mass is 256 g/mol. The maximum absolute atomic E-state index is 12.1. The van der Waals surface area contributed by atoms with Crippen LogP contribution in [-0.4, -0.2) is 40.6 Å². The van der Waals surface area contributed by atoms with Gasteiger partial charge in [0.1, 0.15) is 0 Å². The molecule has 0 aromatic carbocycles. The highest BCUT2D eigenvalue weighted by molar-refractivity contribution is 5.77. The molecule has 0 saturated heterocycles. The standard InChI is InChI=1S/C13H24N2O3/c1-10(2)14-12(18)15(3)13(9-11(16)17)7-5-4-6-8-13/h10H,4-9H2,1-3H3,(H,14,18)(H,16,17). The summed E-state index contributed by atoms with van der Waals surface area (Å²) in [5.74, 6) is -0.832. The second-order valence-electron chi connectivity index (χ2n) is 5.52. The summed E-state index contributed by atoms with van der Waals surface area (Å²) in [6.07, 6.45) is 4.71. The number of aliphatic carboxylic acids is 1. The van der Waals surface area contributed by atoms with Crippen LogP contribution in [0.2, 0.25) is 0 Å². The van der Waals surface area contributed by atoms with Crippen LogP contribution in [0.1, 0.15) is 52.4 Å². The molecule has 104 valence electrons. The normalized spacial score (nSPS) is 18.4. The highest BCUT2D eigenvalue weighted by Gasteiger charge is 2.40. The van der Waals surface area contributed by atoms with Gasteiger partial charge in [0.2, 0.25) is 0 Å². The smallest absolute Gasteiger partial charge is 0.317 e. The fraction of sp³-hybridized carbons (Fsp3) is 0.846. The van der Waals surface area contributed by atoms with Gasteiger partial charge >= 0.3 is 12.0 Å². The van der Waals surface area contributed by atoms with Gasteiger partial charge in [-0.25, -0.2) is 4.79 Å². The predicted octanol–water partition coefficient (Wildman–Crippen LogP) is 2.21. The molecule has 1 fully saturated rings. The van der Waals surface area contributed by atoms with E-state index in [9.17, 15) is 9.59 Å². The average molecular weight is 256 g/mol. The van der Waals surface area contributed by atoms with E-state index in [1.165, 1.54) is 0 Å². The van der Waals surface area contributed by atoms with Gasteiger partial charge in [0.25, 0.3) is 0 Å². The summed E-state index contributed by atoms with van der Waals surface area (Å²) < 4.78 is 0. The third kappa shape index (κ3) is 3.62. The molecule has 0 aromatic rings. The second kappa shape index (κ2) is 6.07. The number of carboxylic acids is 1. The van der Waals surface area contributed by atoms with Gasteiger partial charge < -0.3 is 15.3 Å². The molecule has 0 spiro atoms. The molecule has 5 nitrogen and oxygen atoms in total. The summed E-state index contributed by atoms with van der Waals surface area (Å²) in [5.41, 5.74) is -0.511. The van der Waals surface area contributed by atoms with Gasteiger partial charge in [0, 0.05) is 13.1 Å². The summed E-state index contributed by atoms with van der Waals surface area (Å²) in [4.78, 5) is 24.7. The number of amides is 2. The molecule has 0 aromatic heterocycles. The van der Waals surface area contributed by atoms with Gasteiger partial charge in [0.15, 0.2) is 0 Å². The molecule has 0 atom stereocenters. The zero-order valence-electron chi connectivity index (χ0n) is 11.5. The van der Waals surface area contributed by atoms with E-state index in [-0.39, 0.29) is 18.5 Å². The molecule has 0 aliphatic heterocycles. The second-order valence-corrected chi connectivity index (χ2v) is 5.52. The molecule has 0 radical (unpaired) electrons. The van der Waals surface area contributed by atoms with Gasteiger partial charge in [-0.1, -0.05) is 19.3 Å². The maximum Gasteiger partial charge on any atom is 0.317 e. The van der Waals surface area contributed by atoms with E-state index in [2.05, 4.69) is 5.32 Å². The van der Waals surface area contributed by atoms with Crippen LogP contribution in [0.3, 0.4) is 0 Å². The first-order chi connectivity index (χ1) is 8.37. The lowest BCUT2D eigenvalue weighted by molar-refractivity contribution is -0.140. The molecule has 5 heteroatoms. The maximum atomic E-state index is 12.1. The molecular weight excluding hydrogens is 232 g/mol. The topological polar surface area (TPSA) is 69.6 Å². The van der Waals surface area contributed by atoms with Crippen molar-refractivity contribution in [3.63, 3.8) is 0 Å². The molecule has 18 heavy (non-hydrogen) atoms. The van der Waals surface area contributed by atoms with Crippen molar-refractivity contribution in [2.24, 2.45) is 0 Å². The summed E-state index contributed by atoms with van der Waals surface area (Å²) in [6, 6.07) is -0.112. The van der Waals surface area contributed by atoms with Crippen molar-refractivity contribution in [3.8, 4) is 0 Å². The molecule has 2 amide bonds. The Morgan fingerprint density at radius 1 is 1.28 bits per heavy atom. The Hall–Kier alpha value is -1.26. The van der Waals surface area contributed by atoms with Gasteiger partial charge in [-0.2, -0.15) is 0 Å². The van der Waals surface area contributed by atoms with Gasteiger partial charge in [0.05, 0.1) is 12.0 Å². The van der Waals surface area contributed by atoms with Crippen molar-refractivity contribution in [2.75, 3.05) is 7.05 Å². The van der Waals surface area contributed by atoms with Crippen molar-refractivity contribution in [3.05, 3.63) is 0 Å². The number of nitrogens with zero attached hydrogens (tertiary/aromatic N) is 1. The van der Waals surface area contributed by atoms with Gasteiger partial charge in [-0.3, -0.25) is 4.79 Å². The Morgan fingerprint density at radius 3 is 2.28 bits per heavy atom. The lowest BCUT2D eigenvalue weighted by Crippen LogP contribution is -2.56. The predicted molar refractivity (Wildman–Crippen MR) is 69.5 cm³/mol. The number of carbonyl (C=O) groups excluding carboxylic acids is 1. The molecule has 1 aliphatic carbocycles. The molecule has 0 heterocycles. The van der Waals surface area contributed by atoms with Crippen LogP contribution >= 0.6 is 0 Å². The van der Waals surface area contributed by atoms with Crippen LogP contribution in [0.5, 0.6) is 0 Å². The first-order valence-corrected chi connectivity index (χ1v) is 6.63. The molecule has 0 bridgehead atoms. The lowest BCUT2D eigenvalue weighted by Gasteiger charge is -2.44. The Balaban J connectivity index is 2.81. The summed E-state index contributed by atoms with van der Waals surface area (Å²) in [5, 5.41) is 11.9. The zero-order chi connectivity index (χ0) is 13.8. The first kappa shape index (κ1) is 14.8. The molecule has 1 saturated carbocycles. The fourth-order valence-corrected chi connectivity index (χ4v) is 2.68. The van der Waals surface area contributed by atoms with Crippen LogP contribution in [0.15, 0.2) is 0 Å². The minimum atomic E-state index is -0.832. The molecule has 0 unspecified atom stereocenters. The Kier molecular flexibility index (Phi) is 4.99. The molecular formula is C13H24N2O3. The number of hydrogen-bond acceptors (Lipinski definition) is 2. The van der Waals surface area contributed by atoms with Crippen molar-refractivity contribution < 1.29 is 14.7 Å². The third-order valence-corrected chi connectivity index (χ3v) is 3.69. The molecule has 2 N–H and O–H groups in total. The van der Waals surface area contributed by atoms with E-state index in [1.807, 2.05) is 13.8 Å². The highest BCUT2D eigenvalue weighted by atomic mass is 16.4. The van der Waals surface area contributed by atoms with E-state index in [0.717, 1.165) is 32.1 Å². The summed E-state index contributed by atoms with van der Waals surface area (Å²) in [7, 11) is 1.71. The number of urea groups is 1. The minimum absolute atomic E-state index is 0.0367. The fourth-order valence-electron chi connectivity index (χ4n) is 2.68. The Labute approximate surface area is 109 Å². The minimum Gasteiger partial charge on any atom is -0.481 e. The van der Waals surface area contributed by atoms with Crippen molar-refractivity contribution >= 4 is 12.0 Å². The molecule has 1 rings (SSSR count). The number of nitrogens with one attached hydrogen (secondary N) is 1. The Morgan fingerprint density at radius 2 is 1.83 bits per heavy atom. The van der Waals surface area contributed by atoms with Crippen molar-refractivity contribution in [1.82, 2.24) is 10.2 Å². The van der Waals surface area contributed by atoms with Gasteiger partial charge in [-0.15, -0.1) is 0 Å². The zero-order valence-corrected chi connectivity index (χ0v) is 11.5.